The highest BCUT2D eigenvalue weighted by Gasteiger charge is 2.31. The molecular formula is C20H24N2O3S. The minimum atomic E-state index is -3.20. The normalized spacial score (nSPS) is 17.5. The molecule has 1 amide bonds. The predicted molar refractivity (Wildman–Crippen MR) is 103 cm³/mol. The first-order valence-corrected chi connectivity index (χ1v) is 10.5. The number of hydrogen-bond acceptors (Lipinski definition) is 4. The number of nitrogens with zero attached hydrogens (tertiary/aromatic N) is 1. The van der Waals surface area contributed by atoms with Crippen LogP contribution in [0.4, 0.5) is 5.69 Å². The molecule has 2 aromatic rings. The van der Waals surface area contributed by atoms with Gasteiger partial charge >= 0.3 is 0 Å². The Hall–Kier alpha value is -2.34. The van der Waals surface area contributed by atoms with E-state index >= 15 is 0 Å². The Morgan fingerprint density at radius 2 is 1.73 bits per heavy atom. The third kappa shape index (κ3) is 4.07. The minimum Gasteiger partial charge on any atom is -0.374 e. The van der Waals surface area contributed by atoms with Crippen LogP contribution in [-0.2, 0) is 21.2 Å². The molecule has 3 rings (SSSR count). The van der Waals surface area contributed by atoms with Gasteiger partial charge in [0.2, 0.25) is 5.91 Å². The van der Waals surface area contributed by atoms with E-state index in [0.29, 0.717) is 18.0 Å². The number of sulfone groups is 1. The number of nitrogens with one attached hydrogen (secondary N) is 1. The van der Waals surface area contributed by atoms with Crippen LogP contribution in [0, 0.1) is 6.92 Å². The van der Waals surface area contributed by atoms with Crippen LogP contribution in [0.2, 0.25) is 0 Å². The van der Waals surface area contributed by atoms with Gasteiger partial charge in [0.05, 0.1) is 10.6 Å². The molecule has 1 aliphatic heterocycles. The number of anilines is 1. The summed E-state index contributed by atoms with van der Waals surface area (Å²) in [6, 6.07) is 14.6. The first-order chi connectivity index (χ1) is 12.4. The number of carbonyl (C=O) groups is 1. The molecule has 0 saturated carbocycles. The van der Waals surface area contributed by atoms with Crippen LogP contribution in [-0.4, -0.2) is 37.6 Å². The zero-order valence-corrected chi connectivity index (χ0v) is 15.9. The van der Waals surface area contributed by atoms with Gasteiger partial charge in [-0.05, 0) is 43.2 Å². The molecule has 0 aromatic heterocycles. The van der Waals surface area contributed by atoms with Gasteiger partial charge in [-0.25, -0.2) is 8.42 Å². The van der Waals surface area contributed by atoms with Gasteiger partial charge in [0.15, 0.2) is 9.84 Å². The predicted octanol–water partition coefficient (Wildman–Crippen LogP) is 3.00. The van der Waals surface area contributed by atoms with E-state index in [-0.39, 0.29) is 17.7 Å². The molecule has 1 N–H and O–H groups in total. The SMILES string of the molecule is CCS(=O)(=O)c1ccc(NC2CCN(Cc3ccc(C)cc3)C2=O)cc1. The van der Waals surface area contributed by atoms with Crippen molar-refractivity contribution < 1.29 is 13.2 Å². The van der Waals surface area contributed by atoms with Gasteiger partial charge in [0, 0.05) is 18.8 Å². The molecule has 138 valence electrons. The van der Waals surface area contributed by atoms with Crippen molar-refractivity contribution in [2.45, 2.75) is 37.8 Å². The van der Waals surface area contributed by atoms with Crippen LogP contribution in [0.5, 0.6) is 0 Å². The van der Waals surface area contributed by atoms with Gasteiger partial charge in [0.25, 0.3) is 0 Å². The molecule has 1 atom stereocenters. The summed E-state index contributed by atoms with van der Waals surface area (Å²) in [4.78, 5) is 14.8. The van der Waals surface area contributed by atoms with E-state index in [2.05, 4.69) is 29.6 Å². The maximum absolute atomic E-state index is 12.6. The summed E-state index contributed by atoms with van der Waals surface area (Å²) in [6.07, 6.45) is 0.736. The molecule has 0 radical (unpaired) electrons. The van der Waals surface area contributed by atoms with E-state index in [9.17, 15) is 13.2 Å². The second kappa shape index (κ2) is 7.50. The van der Waals surface area contributed by atoms with Crippen molar-refractivity contribution in [2.24, 2.45) is 0 Å². The Labute approximate surface area is 154 Å². The Balaban J connectivity index is 1.62. The Morgan fingerprint density at radius 3 is 2.35 bits per heavy atom. The molecule has 1 heterocycles. The van der Waals surface area contributed by atoms with Crippen LogP contribution in [0.15, 0.2) is 53.4 Å². The lowest BCUT2D eigenvalue weighted by Crippen LogP contribution is -2.33. The highest BCUT2D eigenvalue weighted by molar-refractivity contribution is 7.91. The Bertz CT molecular complexity index is 874. The second-order valence-electron chi connectivity index (χ2n) is 6.66. The number of amides is 1. The van der Waals surface area contributed by atoms with E-state index in [1.54, 1.807) is 31.2 Å². The molecule has 6 heteroatoms. The molecule has 5 nitrogen and oxygen atoms in total. The highest BCUT2D eigenvalue weighted by Crippen LogP contribution is 2.21. The topological polar surface area (TPSA) is 66.5 Å². The molecule has 1 saturated heterocycles. The summed E-state index contributed by atoms with van der Waals surface area (Å²) in [5, 5.41) is 3.23. The number of hydrogen-bond donors (Lipinski definition) is 1. The fourth-order valence-corrected chi connectivity index (χ4v) is 3.95. The summed E-state index contributed by atoms with van der Waals surface area (Å²) in [5.41, 5.74) is 3.09. The maximum Gasteiger partial charge on any atom is 0.245 e. The molecule has 1 unspecified atom stereocenters. The standard InChI is InChI=1S/C20H24N2O3S/c1-3-26(24,25)18-10-8-17(9-11-18)21-19-12-13-22(20(19)23)14-16-6-4-15(2)5-7-16/h4-11,19,21H,3,12-14H2,1-2H3. The first kappa shape index (κ1) is 18.5. The average molecular weight is 372 g/mol. The molecule has 26 heavy (non-hydrogen) atoms. The molecule has 0 aliphatic carbocycles. The quantitative estimate of drug-likeness (QED) is 0.846. The maximum atomic E-state index is 12.6. The monoisotopic (exact) mass is 372 g/mol. The number of carbonyl (C=O) groups excluding carboxylic acids is 1. The third-order valence-electron chi connectivity index (χ3n) is 4.73. The molecule has 0 spiro atoms. The van der Waals surface area contributed by atoms with Crippen LogP contribution < -0.4 is 5.32 Å². The van der Waals surface area contributed by atoms with Crippen molar-refractivity contribution in [2.75, 3.05) is 17.6 Å². The summed E-state index contributed by atoms with van der Waals surface area (Å²) in [6.45, 7) is 5.00. The first-order valence-electron chi connectivity index (χ1n) is 8.83. The second-order valence-corrected chi connectivity index (χ2v) is 8.94. The molecule has 1 aliphatic rings. The van der Waals surface area contributed by atoms with Crippen molar-refractivity contribution >= 4 is 21.4 Å². The van der Waals surface area contributed by atoms with E-state index < -0.39 is 9.84 Å². The van der Waals surface area contributed by atoms with E-state index in [1.165, 1.54) is 5.56 Å². The van der Waals surface area contributed by atoms with Crippen LogP contribution in [0.3, 0.4) is 0 Å². The van der Waals surface area contributed by atoms with Crippen molar-refractivity contribution in [3.05, 3.63) is 59.7 Å². The smallest absolute Gasteiger partial charge is 0.245 e. The van der Waals surface area contributed by atoms with Crippen molar-refractivity contribution in [1.82, 2.24) is 4.90 Å². The van der Waals surface area contributed by atoms with Gasteiger partial charge in [-0.3, -0.25) is 4.79 Å². The van der Waals surface area contributed by atoms with Crippen molar-refractivity contribution in [3.63, 3.8) is 0 Å². The van der Waals surface area contributed by atoms with Gasteiger partial charge in [-0.15, -0.1) is 0 Å². The summed E-state index contributed by atoms with van der Waals surface area (Å²) in [5.74, 6) is 0.158. The van der Waals surface area contributed by atoms with Gasteiger partial charge in [-0.1, -0.05) is 36.8 Å². The molecular weight excluding hydrogens is 348 g/mol. The van der Waals surface area contributed by atoms with Gasteiger partial charge in [0.1, 0.15) is 6.04 Å². The molecule has 0 bridgehead atoms. The highest BCUT2D eigenvalue weighted by atomic mass is 32.2. The van der Waals surface area contributed by atoms with Gasteiger partial charge < -0.3 is 10.2 Å². The zero-order valence-electron chi connectivity index (χ0n) is 15.1. The number of rotatable bonds is 6. The summed E-state index contributed by atoms with van der Waals surface area (Å²) < 4.78 is 23.7. The largest absolute Gasteiger partial charge is 0.374 e. The van der Waals surface area contributed by atoms with Crippen LogP contribution >= 0.6 is 0 Å². The minimum absolute atomic E-state index is 0.0782. The lowest BCUT2D eigenvalue weighted by Gasteiger charge is -2.18. The number of aryl methyl sites for hydroxylation is 1. The summed E-state index contributed by atoms with van der Waals surface area (Å²) in [7, 11) is -3.20. The van der Waals surface area contributed by atoms with Crippen LogP contribution in [0.25, 0.3) is 0 Å². The molecule has 2 aromatic carbocycles. The Morgan fingerprint density at radius 1 is 1.08 bits per heavy atom. The number of likely N-dealkylation sites (tertiary alicyclic amines) is 1. The fourth-order valence-electron chi connectivity index (χ4n) is 3.07. The fraction of sp³-hybridized carbons (Fsp3) is 0.350. The lowest BCUT2D eigenvalue weighted by atomic mass is 10.1. The van der Waals surface area contributed by atoms with Gasteiger partial charge in [-0.2, -0.15) is 0 Å². The van der Waals surface area contributed by atoms with Crippen molar-refractivity contribution in [3.8, 4) is 0 Å². The summed E-state index contributed by atoms with van der Waals surface area (Å²) >= 11 is 0. The third-order valence-corrected chi connectivity index (χ3v) is 6.48. The number of benzene rings is 2. The lowest BCUT2D eigenvalue weighted by molar-refractivity contribution is -0.128. The van der Waals surface area contributed by atoms with E-state index in [1.807, 2.05) is 11.8 Å². The average Bonchev–Trinajstić information content (AvgIpc) is 2.97. The Kier molecular flexibility index (Phi) is 5.32. The van der Waals surface area contributed by atoms with Crippen molar-refractivity contribution in [1.29, 1.82) is 0 Å². The van der Waals surface area contributed by atoms with Crippen LogP contribution in [0.1, 0.15) is 24.5 Å². The zero-order chi connectivity index (χ0) is 18.7. The molecule has 1 fully saturated rings. The van der Waals surface area contributed by atoms with E-state index in [4.69, 9.17) is 0 Å². The van der Waals surface area contributed by atoms with E-state index in [0.717, 1.165) is 17.7 Å².